The lowest BCUT2D eigenvalue weighted by Gasteiger charge is -2.18. The van der Waals surface area contributed by atoms with E-state index in [2.05, 4.69) is 0 Å². The molecule has 2 nitrogen and oxygen atoms in total. The van der Waals surface area contributed by atoms with E-state index in [1.807, 2.05) is 24.3 Å². The average molecular weight is 139 g/mol. The first kappa shape index (κ1) is 7.51. The Morgan fingerprint density at radius 1 is 1.30 bits per heavy atom. The van der Waals surface area contributed by atoms with E-state index in [-0.39, 0.29) is 12.6 Å². The molecule has 3 N–H and O–H groups in total. The van der Waals surface area contributed by atoms with Crippen molar-refractivity contribution in [3.63, 3.8) is 0 Å². The molecule has 0 aromatic rings. The highest BCUT2D eigenvalue weighted by Crippen LogP contribution is 2.13. The van der Waals surface area contributed by atoms with E-state index < -0.39 is 0 Å². The predicted molar refractivity (Wildman–Crippen MR) is 41.4 cm³/mol. The Morgan fingerprint density at radius 3 is 2.60 bits per heavy atom. The maximum atomic E-state index is 8.62. The van der Waals surface area contributed by atoms with Gasteiger partial charge in [0, 0.05) is 12.6 Å². The number of rotatable bonds is 2. The first-order valence-corrected chi connectivity index (χ1v) is 3.56. The quantitative estimate of drug-likeness (QED) is 0.583. The van der Waals surface area contributed by atoms with Crippen molar-refractivity contribution in [1.82, 2.24) is 0 Å². The van der Waals surface area contributed by atoms with Crippen LogP contribution in [0.2, 0.25) is 0 Å². The van der Waals surface area contributed by atoms with Crippen LogP contribution in [0, 0.1) is 5.92 Å². The third kappa shape index (κ3) is 1.69. The minimum absolute atomic E-state index is 0.0946. The van der Waals surface area contributed by atoms with Crippen LogP contribution in [0.1, 0.15) is 6.42 Å². The van der Waals surface area contributed by atoms with Gasteiger partial charge in [-0.05, 0) is 12.3 Å². The molecule has 1 aliphatic rings. The molecule has 10 heavy (non-hydrogen) atoms. The molecule has 0 amide bonds. The normalized spacial score (nSPS) is 31.0. The Labute approximate surface area is 61.0 Å². The molecule has 0 saturated heterocycles. The molecule has 0 aliphatic heterocycles. The lowest BCUT2D eigenvalue weighted by Crippen LogP contribution is -2.28. The molecule has 0 radical (unpaired) electrons. The van der Waals surface area contributed by atoms with E-state index in [9.17, 15) is 0 Å². The van der Waals surface area contributed by atoms with Crippen LogP contribution < -0.4 is 5.73 Å². The van der Waals surface area contributed by atoms with Gasteiger partial charge in [-0.3, -0.25) is 0 Å². The number of hydrogen-bond acceptors (Lipinski definition) is 2. The van der Waals surface area contributed by atoms with Gasteiger partial charge >= 0.3 is 0 Å². The maximum absolute atomic E-state index is 8.62. The highest BCUT2D eigenvalue weighted by atomic mass is 16.3. The van der Waals surface area contributed by atoms with Crippen LogP contribution in [0.15, 0.2) is 24.3 Å². The van der Waals surface area contributed by atoms with Gasteiger partial charge in [0.2, 0.25) is 0 Å². The average Bonchev–Trinajstić information content (AvgIpc) is 1.94. The van der Waals surface area contributed by atoms with E-state index in [0.717, 1.165) is 6.42 Å². The van der Waals surface area contributed by atoms with Crippen molar-refractivity contribution in [1.29, 1.82) is 0 Å². The number of allylic oxidation sites excluding steroid dienone is 2. The Morgan fingerprint density at radius 2 is 2.00 bits per heavy atom. The van der Waals surface area contributed by atoms with Crippen LogP contribution >= 0.6 is 0 Å². The van der Waals surface area contributed by atoms with Gasteiger partial charge < -0.3 is 10.8 Å². The molecule has 0 aromatic carbocycles. The monoisotopic (exact) mass is 139 g/mol. The van der Waals surface area contributed by atoms with Crippen LogP contribution in [0.3, 0.4) is 0 Å². The third-order valence-corrected chi connectivity index (χ3v) is 1.76. The minimum atomic E-state index is 0.0946. The second kappa shape index (κ2) is 3.54. The summed E-state index contributed by atoms with van der Waals surface area (Å²) < 4.78 is 0. The Balaban J connectivity index is 2.44. The Hall–Kier alpha value is -0.600. The van der Waals surface area contributed by atoms with Crippen LogP contribution in [0.4, 0.5) is 0 Å². The van der Waals surface area contributed by atoms with Gasteiger partial charge in [-0.2, -0.15) is 0 Å². The molecule has 1 rings (SSSR count). The standard InChI is InChI=1S/C8H13NO/c9-8-4-2-1-3-7(8)5-6-10/h1-4,7-8,10H,5-6,9H2. The van der Waals surface area contributed by atoms with E-state index in [0.29, 0.717) is 5.92 Å². The largest absolute Gasteiger partial charge is 0.396 e. The zero-order valence-corrected chi connectivity index (χ0v) is 5.90. The van der Waals surface area contributed by atoms with Crippen molar-refractivity contribution in [2.45, 2.75) is 12.5 Å². The molecule has 0 heterocycles. The van der Waals surface area contributed by atoms with Gasteiger partial charge in [-0.1, -0.05) is 24.3 Å². The number of aliphatic hydroxyl groups is 1. The summed E-state index contributed by atoms with van der Waals surface area (Å²) in [6.07, 6.45) is 8.69. The Kier molecular flexibility index (Phi) is 2.66. The summed E-state index contributed by atoms with van der Waals surface area (Å²) in [7, 11) is 0. The van der Waals surface area contributed by atoms with Crippen molar-refractivity contribution >= 4 is 0 Å². The topological polar surface area (TPSA) is 46.2 Å². The van der Waals surface area contributed by atoms with Crippen molar-refractivity contribution in [2.24, 2.45) is 11.7 Å². The summed E-state index contributed by atoms with van der Waals surface area (Å²) in [6.45, 7) is 0.219. The highest BCUT2D eigenvalue weighted by molar-refractivity contribution is 5.16. The molecule has 2 heteroatoms. The maximum Gasteiger partial charge on any atom is 0.0437 e. The zero-order valence-electron chi connectivity index (χ0n) is 5.90. The fourth-order valence-electron chi connectivity index (χ4n) is 1.11. The van der Waals surface area contributed by atoms with Crippen molar-refractivity contribution in [2.75, 3.05) is 6.61 Å². The first-order chi connectivity index (χ1) is 4.84. The molecule has 2 unspecified atom stereocenters. The Bertz CT molecular complexity index is 151. The van der Waals surface area contributed by atoms with E-state index in [4.69, 9.17) is 10.8 Å². The molecule has 56 valence electrons. The molecular weight excluding hydrogens is 126 g/mol. The molecule has 2 atom stereocenters. The summed E-state index contributed by atoms with van der Waals surface area (Å²) in [4.78, 5) is 0. The number of nitrogens with two attached hydrogens (primary N) is 1. The van der Waals surface area contributed by atoms with Gasteiger partial charge in [0.1, 0.15) is 0 Å². The second-order valence-electron chi connectivity index (χ2n) is 2.52. The van der Waals surface area contributed by atoms with Crippen LogP contribution in [0.5, 0.6) is 0 Å². The summed E-state index contributed by atoms with van der Waals surface area (Å²) >= 11 is 0. The molecule has 0 spiro atoms. The lowest BCUT2D eigenvalue weighted by atomic mass is 9.93. The third-order valence-electron chi connectivity index (χ3n) is 1.76. The number of hydrogen-bond donors (Lipinski definition) is 2. The summed E-state index contributed by atoms with van der Waals surface area (Å²) in [5.74, 6) is 0.329. The van der Waals surface area contributed by atoms with Crippen molar-refractivity contribution in [3.05, 3.63) is 24.3 Å². The fourth-order valence-corrected chi connectivity index (χ4v) is 1.11. The minimum Gasteiger partial charge on any atom is -0.396 e. The van der Waals surface area contributed by atoms with Crippen LogP contribution in [-0.4, -0.2) is 17.8 Å². The van der Waals surface area contributed by atoms with Gasteiger partial charge in [-0.15, -0.1) is 0 Å². The molecule has 0 fully saturated rings. The lowest BCUT2D eigenvalue weighted by molar-refractivity contribution is 0.265. The molecule has 0 bridgehead atoms. The zero-order chi connectivity index (χ0) is 7.40. The number of aliphatic hydroxyl groups excluding tert-OH is 1. The summed E-state index contributed by atoms with van der Waals surface area (Å²) in [5.41, 5.74) is 5.72. The van der Waals surface area contributed by atoms with Gasteiger partial charge in [0.15, 0.2) is 0 Å². The molecule has 0 aromatic heterocycles. The highest BCUT2D eigenvalue weighted by Gasteiger charge is 2.12. The summed E-state index contributed by atoms with van der Waals surface area (Å²) in [6, 6.07) is 0.0946. The smallest absolute Gasteiger partial charge is 0.0437 e. The van der Waals surface area contributed by atoms with Crippen LogP contribution in [0.25, 0.3) is 0 Å². The van der Waals surface area contributed by atoms with Gasteiger partial charge in [-0.25, -0.2) is 0 Å². The van der Waals surface area contributed by atoms with E-state index >= 15 is 0 Å². The van der Waals surface area contributed by atoms with Crippen LogP contribution in [-0.2, 0) is 0 Å². The molecule has 1 aliphatic carbocycles. The van der Waals surface area contributed by atoms with E-state index in [1.165, 1.54) is 0 Å². The van der Waals surface area contributed by atoms with Crippen molar-refractivity contribution in [3.8, 4) is 0 Å². The van der Waals surface area contributed by atoms with Gasteiger partial charge in [0.05, 0.1) is 0 Å². The SMILES string of the molecule is NC1C=CC=CC1CCO. The second-order valence-corrected chi connectivity index (χ2v) is 2.52. The first-order valence-electron chi connectivity index (χ1n) is 3.56. The predicted octanol–water partition coefficient (Wildman–Crippen LogP) is 0.438. The summed E-state index contributed by atoms with van der Waals surface area (Å²) in [5, 5.41) is 8.62. The molecule has 0 saturated carbocycles. The van der Waals surface area contributed by atoms with Gasteiger partial charge in [0.25, 0.3) is 0 Å². The fraction of sp³-hybridized carbons (Fsp3) is 0.500. The molecular formula is C8H13NO. The van der Waals surface area contributed by atoms with E-state index in [1.54, 1.807) is 0 Å². The van der Waals surface area contributed by atoms with Crippen molar-refractivity contribution < 1.29 is 5.11 Å².